The van der Waals surface area contributed by atoms with E-state index in [1.807, 2.05) is 54.6 Å². The molecular weight excluding hydrogens is 658 g/mol. The molecule has 234 valence electrons. The molecule has 0 spiro atoms. The van der Waals surface area contributed by atoms with Crippen LogP contribution < -0.4 is 14.4 Å². The van der Waals surface area contributed by atoms with Crippen molar-refractivity contribution in [2.24, 2.45) is 0 Å². The van der Waals surface area contributed by atoms with Gasteiger partial charge in [0.2, 0.25) is 10.9 Å². The van der Waals surface area contributed by atoms with E-state index in [9.17, 15) is 14.7 Å². The molecule has 0 fully saturated rings. The maximum atomic E-state index is 14.2. The van der Waals surface area contributed by atoms with Gasteiger partial charge in [0, 0.05) is 16.2 Å². The third-order valence-corrected chi connectivity index (χ3v) is 9.81. The molecule has 0 radical (unpaired) electrons. The summed E-state index contributed by atoms with van der Waals surface area (Å²) in [5, 5.41) is 21.4. The standard InChI is InChI=1S/C35H24ClN3O6S2/c1-43-26-12-6-8-22-18-27(45-32(22)26)30(40)28-29(21-7-5-11-25(17-21)44-24-9-3-2-4-10-24)39(33(42)31(28)41)34-37-38-35(47-34)46-19-20-13-15-23(36)16-14-20/h2-18,29,41H,19H2,1H3. The largest absolute Gasteiger partial charge is 0.503 e. The van der Waals surface area contributed by atoms with E-state index in [4.69, 9.17) is 25.5 Å². The number of nitrogens with zero attached hydrogens (tertiary/aromatic N) is 3. The molecule has 3 heterocycles. The molecule has 1 aliphatic rings. The predicted octanol–water partition coefficient (Wildman–Crippen LogP) is 8.81. The van der Waals surface area contributed by atoms with Gasteiger partial charge in [-0.05, 0) is 59.7 Å². The second-order valence-electron chi connectivity index (χ2n) is 10.4. The highest BCUT2D eigenvalue weighted by Gasteiger charge is 2.47. The van der Waals surface area contributed by atoms with Crippen LogP contribution >= 0.6 is 34.7 Å². The predicted molar refractivity (Wildman–Crippen MR) is 181 cm³/mol. The number of rotatable bonds is 10. The Morgan fingerprint density at radius 1 is 0.979 bits per heavy atom. The highest BCUT2D eigenvalue weighted by atomic mass is 35.5. The van der Waals surface area contributed by atoms with Gasteiger partial charge in [-0.25, -0.2) is 0 Å². The van der Waals surface area contributed by atoms with Crippen molar-refractivity contribution < 1.29 is 28.6 Å². The quantitative estimate of drug-likeness (QED) is 0.0860. The number of thioether (sulfide) groups is 1. The minimum Gasteiger partial charge on any atom is -0.503 e. The highest BCUT2D eigenvalue weighted by molar-refractivity contribution is 8.00. The van der Waals surface area contributed by atoms with Crippen LogP contribution in [0.2, 0.25) is 5.02 Å². The third-order valence-electron chi connectivity index (χ3n) is 7.43. The zero-order valence-corrected chi connectivity index (χ0v) is 27.0. The first kappa shape index (κ1) is 30.5. The number of Topliss-reactive ketones (excluding diaryl/α,β-unsaturated/α-hetero) is 1. The second-order valence-corrected chi connectivity index (χ2v) is 13.0. The lowest BCUT2D eigenvalue weighted by Crippen LogP contribution is -2.31. The summed E-state index contributed by atoms with van der Waals surface area (Å²) < 4.78 is 18.0. The molecular formula is C35H24ClN3O6S2. The van der Waals surface area contributed by atoms with Gasteiger partial charge in [-0.1, -0.05) is 89.3 Å². The fourth-order valence-electron chi connectivity index (χ4n) is 5.25. The molecule has 1 aliphatic heterocycles. The second kappa shape index (κ2) is 13.0. The topological polar surface area (TPSA) is 115 Å². The van der Waals surface area contributed by atoms with E-state index in [1.165, 1.54) is 35.1 Å². The van der Waals surface area contributed by atoms with Gasteiger partial charge >= 0.3 is 0 Å². The van der Waals surface area contributed by atoms with E-state index in [0.29, 0.717) is 48.9 Å². The fraction of sp³-hybridized carbons (Fsp3) is 0.0857. The van der Waals surface area contributed by atoms with Crippen LogP contribution in [0, 0.1) is 0 Å². The van der Waals surface area contributed by atoms with Crippen molar-refractivity contribution >= 4 is 62.5 Å². The van der Waals surface area contributed by atoms with Crippen LogP contribution in [0.5, 0.6) is 17.2 Å². The van der Waals surface area contributed by atoms with E-state index in [1.54, 1.807) is 48.5 Å². The number of aliphatic hydroxyl groups is 1. The van der Waals surface area contributed by atoms with E-state index >= 15 is 0 Å². The molecule has 1 atom stereocenters. The Morgan fingerprint density at radius 3 is 2.53 bits per heavy atom. The van der Waals surface area contributed by atoms with E-state index in [2.05, 4.69) is 10.2 Å². The molecule has 1 N–H and O–H groups in total. The monoisotopic (exact) mass is 681 g/mol. The van der Waals surface area contributed by atoms with Crippen molar-refractivity contribution in [3.63, 3.8) is 0 Å². The van der Waals surface area contributed by atoms with Crippen LogP contribution in [-0.4, -0.2) is 34.1 Å². The number of amides is 1. The number of methoxy groups -OCH3 is 1. The van der Waals surface area contributed by atoms with Crippen LogP contribution in [0.3, 0.4) is 0 Å². The Bertz CT molecular complexity index is 2150. The van der Waals surface area contributed by atoms with E-state index in [0.717, 1.165) is 5.56 Å². The van der Waals surface area contributed by atoms with Crippen LogP contribution in [0.1, 0.15) is 27.7 Å². The molecule has 47 heavy (non-hydrogen) atoms. The van der Waals surface area contributed by atoms with Gasteiger partial charge in [0.15, 0.2) is 27.2 Å². The number of hydrogen-bond donors (Lipinski definition) is 1. The van der Waals surface area contributed by atoms with Gasteiger partial charge in [-0.2, -0.15) is 0 Å². The number of para-hydroxylation sites is 2. The van der Waals surface area contributed by atoms with Crippen molar-refractivity contribution in [2.45, 2.75) is 16.1 Å². The van der Waals surface area contributed by atoms with Crippen LogP contribution in [-0.2, 0) is 10.5 Å². The number of aliphatic hydroxyl groups excluding tert-OH is 1. The number of aromatic nitrogens is 2. The van der Waals surface area contributed by atoms with Gasteiger partial charge in [0.1, 0.15) is 11.5 Å². The number of ether oxygens (including phenoxy) is 2. The molecule has 1 amide bonds. The SMILES string of the molecule is COc1cccc2cc(C(=O)C3=C(O)C(=O)N(c4nnc(SCc5ccc(Cl)cc5)s4)C3c3cccc(Oc4ccccc4)c3)oc12. The van der Waals surface area contributed by atoms with Crippen LogP contribution in [0.4, 0.5) is 5.13 Å². The number of furan rings is 1. The summed E-state index contributed by atoms with van der Waals surface area (Å²) in [6, 6.07) is 29.5. The minimum atomic E-state index is -1.06. The molecule has 9 nitrogen and oxygen atoms in total. The van der Waals surface area contributed by atoms with Crippen molar-refractivity contribution in [1.82, 2.24) is 10.2 Å². The number of carbonyl (C=O) groups is 2. The summed E-state index contributed by atoms with van der Waals surface area (Å²) in [7, 11) is 1.51. The van der Waals surface area contributed by atoms with Crippen LogP contribution in [0.15, 0.2) is 123 Å². The molecule has 4 aromatic carbocycles. The fourth-order valence-corrected chi connectivity index (χ4v) is 7.20. The number of ketones is 1. The Hall–Kier alpha value is -5.10. The Kier molecular flexibility index (Phi) is 8.42. The lowest BCUT2D eigenvalue weighted by atomic mass is 9.95. The van der Waals surface area contributed by atoms with Crippen molar-refractivity contribution in [2.75, 3.05) is 12.0 Å². The number of halogens is 1. The van der Waals surface area contributed by atoms with Crippen molar-refractivity contribution in [3.05, 3.63) is 136 Å². The molecule has 0 aliphatic carbocycles. The van der Waals surface area contributed by atoms with Gasteiger partial charge in [-0.3, -0.25) is 14.5 Å². The molecule has 6 aromatic rings. The lowest BCUT2D eigenvalue weighted by Gasteiger charge is -2.24. The van der Waals surface area contributed by atoms with Gasteiger partial charge < -0.3 is 19.0 Å². The minimum absolute atomic E-state index is 0.0566. The first-order chi connectivity index (χ1) is 22.9. The van der Waals surface area contributed by atoms with Crippen LogP contribution in [0.25, 0.3) is 11.0 Å². The summed E-state index contributed by atoms with van der Waals surface area (Å²) in [6.45, 7) is 0. The molecule has 0 saturated heterocycles. The summed E-state index contributed by atoms with van der Waals surface area (Å²) in [4.78, 5) is 29.3. The number of anilines is 1. The Labute approximate surface area is 282 Å². The average Bonchev–Trinajstić information content (AvgIpc) is 3.81. The zero-order valence-electron chi connectivity index (χ0n) is 24.6. The summed E-state index contributed by atoms with van der Waals surface area (Å²) in [5.41, 5.74) is 1.77. The Morgan fingerprint density at radius 2 is 1.74 bits per heavy atom. The molecule has 7 rings (SSSR count). The molecule has 1 unspecified atom stereocenters. The zero-order chi connectivity index (χ0) is 32.5. The number of carbonyl (C=O) groups excluding carboxylic acids is 2. The summed E-state index contributed by atoms with van der Waals surface area (Å²) in [5.74, 6) is -0.0599. The molecule has 0 bridgehead atoms. The van der Waals surface area contributed by atoms with Gasteiger partial charge in [0.05, 0.1) is 18.7 Å². The van der Waals surface area contributed by atoms with E-state index < -0.39 is 23.5 Å². The van der Waals surface area contributed by atoms with Gasteiger partial charge in [0.25, 0.3) is 5.91 Å². The number of benzene rings is 4. The molecule has 2 aromatic heterocycles. The lowest BCUT2D eigenvalue weighted by molar-refractivity contribution is -0.117. The number of fused-ring (bicyclic) bond motifs is 1. The van der Waals surface area contributed by atoms with E-state index in [-0.39, 0.29) is 16.5 Å². The first-order valence-corrected chi connectivity index (χ1v) is 16.5. The molecule has 0 saturated carbocycles. The maximum absolute atomic E-state index is 14.2. The third kappa shape index (κ3) is 6.08. The summed E-state index contributed by atoms with van der Waals surface area (Å²) in [6.07, 6.45) is 0. The van der Waals surface area contributed by atoms with Crippen molar-refractivity contribution in [3.8, 4) is 17.2 Å². The Balaban J connectivity index is 1.27. The van der Waals surface area contributed by atoms with Crippen molar-refractivity contribution in [1.29, 1.82) is 0 Å². The van der Waals surface area contributed by atoms with Gasteiger partial charge in [-0.15, -0.1) is 10.2 Å². The summed E-state index contributed by atoms with van der Waals surface area (Å²) >= 11 is 8.65. The smallest absolute Gasteiger partial charge is 0.296 e. The molecule has 12 heteroatoms. The highest BCUT2D eigenvalue weighted by Crippen LogP contribution is 2.45. The average molecular weight is 682 g/mol. The normalized spacial score (nSPS) is 14.6. The number of hydrogen-bond acceptors (Lipinski definition) is 10. The maximum Gasteiger partial charge on any atom is 0.296 e. The first-order valence-electron chi connectivity index (χ1n) is 14.3.